The number of non-ortho nitro benzene ring substituents is 1. The SMILES string of the molecule is CC1Cc2ccccc2N1C(=S)Nc1cccc([N+](=O)[O-])c1. The number of nitro groups is 1. The van der Waals surface area contributed by atoms with E-state index < -0.39 is 4.92 Å². The molecule has 1 aliphatic heterocycles. The Labute approximate surface area is 133 Å². The van der Waals surface area contributed by atoms with Crippen molar-refractivity contribution in [3.05, 3.63) is 64.2 Å². The summed E-state index contributed by atoms with van der Waals surface area (Å²) in [5, 5.41) is 14.5. The van der Waals surface area contributed by atoms with Gasteiger partial charge in [-0.1, -0.05) is 24.3 Å². The number of benzene rings is 2. The third-order valence-electron chi connectivity index (χ3n) is 3.73. The first-order valence-corrected chi connectivity index (χ1v) is 7.39. The highest BCUT2D eigenvalue weighted by atomic mass is 32.1. The topological polar surface area (TPSA) is 58.4 Å². The Morgan fingerprint density at radius 3 is 2.86 bits per heavy atom. The van der Waals surface area contributed by atoms with Crippen LogP contribution in [0.4, 0.5) is 17.1 Å². The van der Waals surface area contributed by atoms with Crippen LogP contribution < -0.4 is 10.2 Å². The summed E-state index contributed by atoms with van der Waals surface area (Å²) in [6.45, 7) is 2.11. The first-order valence-electron chi connectivity index (χ1n) is 6.99. The molecule has 1 atom stereocenters. The van der Waals surface area contributed by atoms with E-state index in [1.165, 1.54) is 17.7 Å². The molecule has 6 heteroatoms. The minimum atomic E-state index is -0.415. The highest BCUT2D eigenvalue weighted by molar-refractivity contribution is 7.80. The molecule has 0 spiro atoms. The summed E-state index contributed by atoms with van der Waals surface area (Å²) in [6, 6.07) is 14.8. The molecule has 2 aromatic carbocycles. The molecule has 22 heavy (non-hydrogen) atoms. The summed E-state index contributed by atoms with van der Waals surface area (Å²) in [4.78, 5) is 12.5. The molecule has 5 nitrogen and oxygen atoms in total. The van der Waals surface area contributed by atoms with Crippen LogP contribution in [0, 0.1) is 10.1 Å². The van der Waals surface area contributed by atoms with Gasteiger partial charge in [0.2, 0.25) is 0 Å². The number of hydrogen-bond acceptors (Lipinski definition) is 3. The van der Waals surface area contributed by atoms with Gasteiger partial charge in [0, 0.05) is 29.5 Å². The van der Waals surface area contributed by atoms with Gasteiger partial charge in [-0.3, -0.25) is 10.1 Å². The maximum Gasteiger partial charge on any atom is 0.271 e. The van der Waals surface area contributed by atoms with E-state index in [0.29, 0.717) is 10.8 Å². The third-order valence-corrected chi connectivity index (χ3v) is 4.03. The zero-order valence-corrected chi connectivity index (χ0v) is 12.8. The molecular weight excluding hydrogens is 298 g/mol. The van der Waals surface area contributed by atoms with Crippen molar-refractivity contribution in [3.63, 3.8) is 0 Å². The average molecular weight is 313 g/mol. The van der Waals surface area contributed by atoms with Gasteiger partial charge in [-0.2, -0.15) is 0 Å². The Morgan fingerprint density at radius 1 is 1.32 bits per heavy atom. The predicted molar refractivity (Wildman–Crippen MR) is 91.4 cm³/mol. The van der Waals surface area contributed by atoms with E-state index in [0.717, 1.165) is 12.1 Å². The van der Waals surface area contributed by atoms with Crippen LogP contribution in [0.5, 0.6) is 0 Å². The highest BCUT2D eigenvalue weighted by Crippen LogP contribution is 2.32. The maximum absolute atomic E-state index is 10.8. The van der Waals surface area contributed by atoms with E-state index in [9.17, 15) is 10.1 Å². The van der Waals surface area contributed by atoms with Crippen LogP contribution in [0.3, 0.4) is 0 Å². The average Bonchev–Trinajstić information content (AvgIpc) is 2.83. The fourth-order valence-electron chi connectivity index (χ4n) is 2.76. The Balaban J connectivity index is 1.83. The molecule has 0 amide bonds. The molecule has 1 heterocycles. The number of nitro benzene ring substituents is 1. The van der Waals surface area contributed by atoms with E-state index in [2.05, 4.69) is 23.2 Å². The lowest BCUT2D eigenvalue weighted by atomic mass is 10.1. The van der Waals surface area contributed by atoms with E-state index in [1.807, 2.05) is 18.2 Å². The fourth-order valence-corrected chi connectivity index (χ4v) is 3.15. The van der Waals surface area contributed by atoms with Crippen LogP contribution in [0.1, 0.15) is 12.5 Å². The van der Waals surface area contributed by atoms with Crippen molar-refractivity contribution in [2.45, 2.75) is 19.4 Å². The van der Waals surface area contributed by atoms with Crippen molar-refractivity contribution < 1.29 is 4.92 Å². The number of nitrogens with zero attached hydrogens (tertiary/aromatic N) is 2. The monoisotopic (exact) mass is 313 g/mol. The van der Waals surface area contributed by atoms with Crippen molar-refractivity contribution in [2.75, 3.05) is 10.2 Å². The summed E-state index contributed by atoms with van der Waals surface area (Å²) >= 11 is 5.50. The van der Waals surface area contributed by atoms with Gasteiger partial charge in [0.05, 0.1) is 4.92 Å². The number of nitrogens with one attached hydrogen (secondary N) is 1. The summed E-state index contributed by atoms with van der Waals surface area (Å²) in [6.07, 6.45) is 0.937. The number of fused-ring (bicyclic) bond motifs is 1. The Hall–Kier alpha value is -2.47. The zero-order chi connectivity index (χ0) is 15.7. The third kappa shape index (κ3) is 2.65. The Kier molecular flexibility index (Phi) is 3.77. The quantitative estimate of drug-likeness (QED) is 0.520. The second kappa shape index (κ2) is 5.73. The fraction of sp³-hybridized carbons (Fsp3) is 0.188. The van der Waals surface area contributed by atoms with Crippen molar-refractivity contribution in [1.29, 1.82) is 0 Å². The van der Waals surface area contributed by atoms with Crippen LogP contribution in [0.25, 0.3) is 0 Å². The molecule has 0 bridgehead atoms. The largest absolute Gasteiger partial charge is 0.332 e. The second-order valence-electron chi connectivity index (χ2n) is 5.29. The van der Waals surface area contributed by atoms with Gasteiger partial charge >= 0.3 is 0 Å². The van der Waals surface area contributed by atoms with Crippen LogP contribution >= 0.6 is 12.2 Å². The molecule has 0 saturated carbocycles. The van der Waals surface area contributed by atoms with Crippen molar-refractivity contribution in [3.8, 4) is 0 Å². The summed E-state index contributed by atoms with van der Waals surface area (Å²) in [5.74, 6) is 0. The molecule has 0 saturated heterocycles. The minimum Gasteiger partial charge on any atom is -0.332 e. The number of thiocarbonyl (C=S) groups is 1. The molecule has 2 aromatic rings. The lowest BCUT2D eigenvalue weighted by Crippen LogP contribution is -2.38. The zero-order valence-electron chi connectivity index (χ0n) is 12.0. The molecule has 112 valence electrons. The van der Waals surface area contributed by atoms with Gasteiger partial charge in [0.15, 0.2) is 5.11 Å². The maximum atomic E-state index is 10.8. The molecule has 1 unspecified atom stereocenters. The van der Waals surface area contributed by atoms with Gasteiger partial charge in [-0.25, -0.2) is 0 Å². The van der Waals surface area contributed by atoms with Crippen molar-refractivity contribution >= 4 is 34.4 Å². The van der Waals surface area contributed by atoms with E-state index in [-0.39, 0.29) is 11.7 Å². The van der Waals surface area contributed by atoms with Gasteiger partial charge in [0.1, 0.15) is 0 Å². The van der Waals surface area contributed by atoms with Crippen molar-refractivity contribution in [2.24, 2.45) is 0 Å². The van der Waals surface area contributed by atoms with Gasteiger partial charge in [-0.05, 0) is 43.3 Å². The molecule has 0 aliphatic carbocycles. The summed E-state index contributed by atoms with van der Waals surface area (Å²) in [7, 11) is 0. The predicted octanol–water partition coefficient (Wildman–Crippen LogP) is 3.74. The first kappa shape index (κ1) is 14.5. The van der Waals surface area contributed by atoms with Crippen LogP contribution in [0.2, 0.25) is 0 Å². The minimum absolute atomic E-state index is 0.0441. The summed E-state index contributed by atoms with van der Waals surface area (Å²) < 4.78 is 0. The number of anilines is 2. The molecular formula is C16H15N3O2S. The van der Waals surface area contributed by atoms with E-state index >= 15 is 0 Å². The number of hydrogen-bond donors (Lipinski definition) is 1. The number of rotatable bonds is 2. The van der Waals surface area contributed by atoms with Gasteiger partial charge in [-0.15, -0.1) is 0 Å². The Morgan fingerprint density at radius 2 is 2.09 bits per heavy atom. The Bertz CT molecular complexity index is 748. The normalized spacial score (nSPS) is 16.2. The van der Waals surface area contributed by atoms with Crippen molar-refractivity contribution in [1.82, 2.24) is 0 Å². The molecule has 1 aliphatic rings. The van der Waals surface area contributed by atoms with E-state index in [1.54, 1.807) is 12.1 Å². The standard InChI is InChI=1S/C16H15N3O2S/c1-11-9-12-5-2-3-8-15(12)18(11)16(22)17-13-6-4-7-14(10-13)19(20)21/h2-8,10-11H,9H2,1H3,(H,17,22). The van der Waals surface area contributed by atoms with E-state index in [4.69, 9.17) is 12.2 Å². The molecule has 3 rings (SSSR count). The lowest BCUT2D eigenvalue weighted by molar-refractivity contribution is -0.384. The first-order chi connectivity index (χ1) is 10.6. The van der Waals surface area contributed by atoms with Crippen LogP contribution in [-0.2, 0) is 6.42 Å². The van der Waals surface area contributed by atoms with Crippen LogP contribution in [0.15, 0.2) is 48.5 Å². The molecule has 1 N–H and O–H groups in total. The van der Waals surface area contributed by atoms with Gasteiger partial charge in [0.25, 0.3) is 5.69 Å². The number of para-hydroxylation sites is 1. The molecule has 0 fully saturated rings. The molecule has 0 radical (unpaired) electrons. The smallest absolute Gasteiger partial charge is 0.271 e. The highest BCUT2D eigenvalue weighted by Gasteiger charge is 2.28. The second-order valence-corrected chi connectivity index (χ2v) is 5.68. The molecule has 0 aromatic heterocycles. The summed E-state index contributed by atoms with van der Waals surface area (Å²) in [5.41, 5.74) is 3.02. The lowest BCUT2D eigenvalue weighted by Gasteiger charge is -2.26. The van der Waals surface area contributed by atoms with Crippen LogP contribution in [-0.4, -0.2) is 16.1 Å². The van der Waals surface area contributed by atoms with Gasteiger partial charge < -0.3 is 10.2 Å².